The number of hydrogen-bond donors (Lipinski definition) is 0. The molecule has 1 aromatic heterocycles. The van der Waals surface area contributed by atoms with Crippen molar-refractivity contribution in [3.63, 3.8) is 0 Å². The third-order valence-corrected chi connectivity index (χ3v) is 7.01. The standard InChI is InChI=1S/C22H24O7/c1-13-7-9-21(19(24)27-3)15(18(23)26-2)5-4-6-17(21)22(13)11-16(29-20(22)25)14-8-10-28-12-14/h4-6,8,10,12-13,16-17H,7,9,11H2,1-3H3/t13-,16-,17+,21-,22+/m1/s1. The molecule has 29 heavy (non-hydrogen) atoms. The third kappa shape index (κ3) is 2.52. The molecular weight excluding hydrogens is 376 g/mol. The van der Waals surface area contributed by atoms with Crippen LogP contribution in [-0.2, 0) is 28.6 Å². The summed E-state index contributed by atoms with van der Waals surface area (Å²) in [7, 11) is 2.58. The van der Waals surface area contributed by atoms with E-state index in [0.717, 1.165) is 5.56 Å². The van der Waals surface area contributed by atoms with E-state index in [1.165, 1.54) is 20.5 Å². The zero-order valence-electron chi connectivity index (χ0n) is 16.7. The Kier molecular flexibility index (Phi) is 4.63. The van der Waals surface area contributed by atoms with Crippen molar-refractivity contribution >= 4 is 17.9 Å². The van der Waals surface area contributed by atoms with Crippen LogP contribution in [0.5, 0.6) is 0 Å². The van der Waals surface area contributed by atoms with Gasteiger partial charge < -0.3 is 18.6 Å². The van der Waals surface area contributed by atoms with Gasteiger partial charge in [-0.15, -0.1) is 0 Å². The van der Waals surface area contributed by atoms with Gasteiger partial charge in [-0.05, 0) is 24.8 Å². The fourth-order valence-electron chi connectivity index (χ4n) is 5.51. The highest BCUT2D eigenvalue weighted by Crippen LogP contribution is 2.65. The molecule has 1 aromatic rings. The molecule has 2 heterocycles. The number of esters is 3. The highest BCUT2D eigenvalue weighted by molar-refractivity contribution is 6.00. The second-order valence-electron chi connectivity index (χ2n) is 8.03. The molecule has 0 radical (unpaired) electrons. The molecule has 154 valence electrons. The summed E-state index contributed by atoms with van der Waals surface area (Å²) in [5.41, 5.74) is -1.24. The lowest BCUT2D eigenvalue weighted by Crippen LogP contribution is -2.58. The molecule has 2 aliphatic carbocycles. The van der Waals surface area contributed by atoms with Gasteiger partial charge in [-0.25, -0.2) is 4.79 Å². The van der Waals surface area contributed by atoms with Gasteiger partial charge in [0.25, 0.3) is 0 Å². The summed E-state index contributed by atoms with van der Waals surface area (Å²) in [5, 5.41) is 0. The lowest BCUT2D eigenvalue weighted by molar-refractivity contribution is -0.172. The molecule has 1 aliphatic heterocycles. The Morgan fingerprint density at radius 1 is 1.24 bits per heavy atom. The van der Waals surface area contributed by atoms with Crippen LogP contribution in [0, 0.1) is 22.7 Å². The molecule has 0 aromatic carbocycles. The van der Waals surface area contributed by atoms with Gasteiger partial charge in [0.15, 0.2) is 0 Å². The van der Waals surface area contributed by atoms with Crippen LogP contribution in [0.15, 0.2) is 46.8 Å². The number of fused-ring (bicyclic) bond motifs is 2. The summed E-state index contributed by atoms with van der Waals surface area (Å²) >= 11 is 0. The predicted octanol–water partition coefficient (Wildman–Crippen LogP) is 3.13. The molecule has 1 saturated heterocycles. The molecule has 7 heteroatoms. The Balaban J connectivity index is 1.85. The van der Waals surface area contributed by atoms with Gasteiger partial charge in [0, 0.05) is 17.9 Å². The normalized spacial score (nSPS) is 35.6. The Morgan fingerprint density at radius 3 is 2.69 bits per heavy atom. The van der Waals surface area contributed by atoms with Gasteiger partial charge in [0.05, 0.1) is 37.7 Å². The topological polar surface area (TPSA) is 92.0 Å². The largest absolute Gasteiger partial charge is 0.472 e. The number of methoxy groups -OCH3 is 2. The lowest BCUT2D eigenvalue weighted by atomic mass is 9.47. The molecule has 0 N–H and O–H groups in total. The molecular formula is C22H24O7. The van der Waals surface area contributed by atoms with E-state index in [-0.39, 0.29) is 17.5 Å². The molecule has 7 nitrogen and oxygen atoms in total. The number of hydrogen-bond acceptors (Lipinski definition) is 7. The molecule has 5 atom stereocenters. The number of rotatable bonds is 3. The predicted molar refractivity (Wildman–Crippen MR) is 100 cm³/mol. The maximum atomic E-state index is 13.3. The van der Waals surface area contributed by atoms with Crippen molar-refractivity contribution in [2.24, 2.45) is 22.7 Å². The van der Waals surface area contributed by atoms with Crippen LogP contribution in [-0.4, -0.2) is 32.1 Å². The molecule has 3 aliphatic rings. The van der Waals surface area contributed by atoms with Gasteiger partial charge in [0.2, 0.25) is 0 Å². The second-order valence-corrected chi connectivity index (χ2v) is 8.03. The minimum absolute atomic E-state index is 0.0451. The number of furan rings is 1. The van der Waals surface area contributed by atoms with Crippen molar-refractivity contribution < 1.29 is 33.0 Å². The summed E-state index contributed by atoms with van der Waals surface area (Å²) < 4.78 is 21.1. The van der Waals surface area contributed by atoms with E-state index in [2.05, 4.69) is 0 Å². The van der Waals surface area contributed by atoms with Crippen molar-refractivity contribution in [1.82, 2.24) is 0 Å². The molecule has 0 amide bonds. The molecule has 1 spiro atoms. The molecule has 2 fully saturated rings. The zero-order chi connectivity index (χ0) is 20.8. The summed E-state index contributed by atoms with van der Waals surface area (Å²) in [6.45, 7) is 2.00. The van der Waals surface area contributed by atoms with Crippen molar-refractivity contribution in [2.75, 3.05) is 14.2 Å². The van der Waals surface area contributed by atoms with E-state index in [9.17, 15) is 14.4 Å². The average molecular weight is 400 g/mol. The Hall–Kier alpha value is -2.83. The SMILES string of the molecule is COC(=O)C1=CC=C[C@H]2[C@@]1(C(=O)OC)CC[C@@H](C)[C@@]21C[C@H](c2ccoc2)OC1=O. The molecule has 4 rings (SSSR count). The Morgan fingerprint density at radius 2 is 2.03 bits per heavy atom. The number of ether oxygens (including phenoxy) is 3. The Bertz CT molecular complexity index is 896. The Labute approximate surface area is 168 Å². The highest BCUT2D eigenvalue weighted by atomic mass is 16.6. The van der Waals surface area contributed by atoms with E-state index < -0.39 is 34.8 Å². The van der Waals surface area contributed by atoms with Crippen LogP contribution in [0.1, 0.15) is 37.9 Å². The van der Waals surface area contributed by atoms with Crippen molar-refractivity contribution in [1.29, 1.82) is 0 Å². The fourth-order valence-corrected chi connectivity index (χ4v) is 5.51. The number of carbonyl (C=O) groups excluding carboxylic acids is 3. The van der Waals surface area contributed by atoms with Crippen LogP contribution in [0.2, 0.25) is 0 Å². The minimum atomic E-state index is -1.28. The van der Waals surface area contributed by atoms with Crippen LogP contribution in [0.3, 0.4) is 0 Å². The van der Waals surface area contributed by atoms with Crippen LogP contribution < -0.4 is 0 Å². The van der Waals surface area contributed by atoms with Crippen molar-refractivity contribution in [3.05, 3.63) is 48.0 Å². The minimum Gasteiger partial charge on any atom is -0.472 e. The van der Waals surface area contributed by atoms with E-state index in [1.54, 1.807) is 24.5 Å². The number of cyclic esters (lactones) is 1. The van der Waals surface area contributed by atoms with Gasteiger partial charge in [-0.1, -0.05) is 25.2 Å². The summed E-state index contributed by atoms with van der Waals surface area (Å²) in [5.74, 6) is -2.10. The third-order valence-electron chi connectivity index (χ3n) is 7.01. The fraction of sp³-hybridized carbons (Fsp3) is 0.500. The van der Waals surface area contributed by atoms with Gasteiger partial charge in [-0.2, -0.15) is 0 Å². The first kappa shape index (κ1) is 19.5. The van der Waals surface area contributed by atoms with Crippen LogP contribution in [0.4, 0.5) is 0 Å². The second kappa shape index (κ2) is 6.90. The lowest BCUT2D eigenvalue weighted by Gasteiger charge is -2.53. The van der Waals surface area contributed by atoms with Crippen molar-refractivity contribution in [2.45, 2.75) is 32.3 Å². The first-order chi connectivity index (χ1) is 13.9. The number of allylic oxidation sites excluding steroid dienone is 3. The summed E-state index contributed by atoms with van der Waals surface area (Å²) in [6, 6.07) is 1.77. The van der Waals surface area contributed by atoms with Gasteiger partial charge in [0.1, 0.15) is 11.5 Å². The quantitative estimate of drug-likeness (QED) is 0.568. The van der Waals surface area contributed by atoms with E-state index in [4.69, 9.17) is 18.6 Å². The summed E-state index contributed by atoms with van der Waals surface area (Å²) in [6.07, 6.45) is 9.16. The maximum Gasteiger partial charge on any atom is 0.334 e. The molecule has 1 saturated carbocycles. The number of carbonyl (C=O) groups is 3. The van der Waals surface area contributed by atoms with E-state index in [0.29, 0.717) is 19.3 Å². The summed E-state index contributed by atoms with van der Waals surface area (Å²) in [4.78, 5) is 39.1. The zero-order valence-corrected chi connectivity index (χ0v) is 16.7. The smallest absolute Gasteiger partial charge is 0.334 e. The molecule has 0 bridgehead atoms. The first-order valence-corrected chi connectivity index (χ1v) is 9.70. The van der Waals surface area contributed by atoms with Gasteiger partial charge in [-0.3, -0.25) is 9.59 Å². The van der Waals surface area contributed by atoms with Crippen LogP contribution in [0.25, 0.3) is 0 Å². The van der Waals surface area contributed by atoms with E-state index in [1.807, 2.05) is 13.0 Å². The van der Waals surface area contributed by atoms with E-state index >= 15 is 0 Å². The van der Waals surface area contributed by atoms with Gasteiger partial charge >= 0.3 is 17.9 Å². The van der Waals surface area contributed by atoms with Crippen LogP contribution >= 0.6 is 0 Å². The monoisotopic (exact) mass is 400 g/mol. The first-order valence-electron chi connectivity index (χ1n) is 9.70. The van der Waals surface area contributed by atoms with Crippen molar-refractivity contribution in [3.8, 4) is 0 Å². The highest BCUT2D eigenvalue weighted by Gasteiger charge is 2.69. The molecule has 0 unspecified atom stereocenters. The maximum absolute atomic E-state index is 13.3. The average Bonchev–Trinajstić information content (AvgIpc) is 3.38.